The standard InChI is InChI=1S/C15H28N4O2/c1-12-4-2-5-15(17,10-12)14(21)19-7-3-6-18(8-9-19)11-13(16)20/h12H,2-11,17H2,1H3,(H2,16,20). The van der Waals surface area contributed by atoms with Crippen LogP contribution in [0, 0.1) is 5.92 Å². The molecule has 2 unspecified atom stereocenters. The van der Waals surface area contributed by atoms with E-state index >= 15 is 0 Å². The zero-order chi connectivity index (χ0) is 15.5. The average molecular weight is 296 g/mol. The molecule has 1 heterocycles. The fourth-order valence-corrected chi connectivity index (χ4v) is 3.65. The van der Waals surface area contributed by atoms with E-state index in [1.165, 1.54) is 6.42 Å². The third-order valence-electron chi connectivity index (χ3n) is 4.71. The SMILES string of the molecule is CC1CCCC(N)(C(=O)N2CCCN(CC(N)=O)CC2)C1. The smallest absolute Gasteiger partial charge is 0.242 e. The number of rotatable bonds is 3. The maximum absolute atomic E-state index is 12.8. The molecule has 0 radical (unpaired) electrons. The van der Waals surface area contributed by atoms with E-state index in [9.17, 15) is 9.59 Å². The van der Waals surface area contributed by atoms with Crippen LogP contribution in [0.3, 0.4) is 0 Å². The van der Waals surface area contributed by atoms with Crippen LogP contribution in [0.5, 0.6) is 0 Å². The van der Waals surface area contributed by atoms with Gasteiger partial charge in [-0.05, 0) is 25.2 Å². The van der Waals surface area contributed by atoms with Crippen LogP contribution in [-0.2, 0) is 9.59 Å². The lowest BCUT2D eigenvalue weighted by molar-refractivity contribution is -0.138. The minimum absolute atomic E-state index is 0.0926. The third kappa shape index (κ3) is 4.17. The van der Waals surface area contributed by atoms with Gasteiger partial charge in [0.2, 0.25) is 11.8 Å². The van der Waals surface area contributed by atoms with Gasteiger partial charge in [0.05, 0.1) is 12.1 Å². The van der Waals surface area contributed by atoms with Crippen molar-refractivity contribution in [3.8, 4) is 0 Å². The Kier molecular flexibility index (Phi) is 5.22. The molecular formula is C15H28N4O2. The van der Waals surface area contributed by atoms with Crippen molar-refractivity contribution in [2.75, 3.05) is 32.7 Å². The summed E-state index contributed by atoms with van der Waals surface area (Å²) < 4.78 is 0. The number of nitrogens with two attached hydrogens (primary N) is 2. The largest absolute Gasteiger partial charge is 0.369 e. The number of nitrogens with zero attached hydrogens (tertiary/aromatic N) is 2. The number of carbonyl (C=O) groups excluding carboxylic acids is 2. The molecule has 2 amide bonds. The molecular weight excluding hydrogens is 268 g/mol. The monoisotopic (exact) mass is 296 g/mol. The van der Waals surface area contributed by atoms with E-state index in [1.807, 2.05) is 9.80 Å². The van der Waals surface area contributed by atoms with Gasteiger partial charge in [-0.25, -0.2) is 0 Å². The number of hydrogen-bond acceptors (Lipinski definition) is 4. The van der Waals surface area contributed by atoms with Gasteiger partial charge in [0.15, 0.2) is 0 Å². The summed E-state index contributed by atoms with van der Waals surface area (Å²) in [4.78, 5) is 27.7. The maximum Gasteiger partial charge on any atom is 0.242 e. The van der Waals surface area contributed by atoms with E-state index < -0.39 is 5.54 Å². The van der Waals surface area contributed by atoms with Crippen LogP contribution in [0.2, 0.25) is 0 Å². The molecule has 0 aromatic carbocycles. The Bertz CT molecular complexity index is 401. The molecule has 0 bridgehead atoms. The second-order valence-electron chi connectivity index (χ2n) is 6.75. The zero-order valence-corrected chi connectivity index (χ0v) is 13.0. The Morgan fingerprint density at radius 3 is 2.62 bits per heavy atom. The van der Waals surface area contributed by atoms with E-state index in [0.29, 0.717) is 19.0 Å². The minimum atomic E-state index is -0.684. The molecule has 2 rings (SSSR count). The van der Waals surface area contributed by atoms with Crippen LogP contribution in [0.4, 0.5) is 0 Å². The molecule has 0 aromatic heterocycles. The van der Waals surface area contributed by atoms with E-state index in [2.05, 4.69) is 6.92 Å². The summed E-state index contributed by atoms with van der Waals surface area (Å²) in [6.07, 6.45) is 4.64. The summed E-state index contributed by atoms with van der Waals surface area (Å²) in [5.74, 6) is 0.298. The number of carbonyl (C=O) groups is 2. The lowest BCUT2D eigenvalue weighted by Gasteiger charge is -2.39. The Labute approximate surface area is 126 Å². The van der Waals surface area contributed by atoms with Crippen molar-refractivity contribution in [1.82, 2.24) is 9.80 Å². The molecule has 1 saturated carbocycles. The van der Waals surface area contributed by atoms with Crippen LogP contribution < -0.4 is 11.5 Å². The normalized spacial score (nSPS) is 31.7. The van der Waals surface area contributed by atoms with E-state index in [1.54, 1.807) is 0 Å². The number of amides is 2. The van der Waals surface area contributed by atoms with Crippen LogP contribution in [0.25, 0.3) is 0 Å². The van der Waals surface area contributed by atoms with Gasteiger partial charge in [-0.1, -0.05) is 19.8 Å². The summed E-state index contributed by atoms with van der Waals surface area (Å²) in [6.45, 7) is 5.31. The van der Waals surface area contributed by atoms with Gasteiger partial charge in [0.25, 0.3) is 0 Å². The number of primary amides is 1. The Morgan fingerprint density at radius 2 is 1.95 bits per heavy atom. The third-order valence-corrected chi connectivity index (χ3v) is 4.71. The molecule has 2 aliphatic rings. The van der Waals surface area contributed by atoms with Gasteiger partial charge < -0.3 is 16.4 Å². The highest BCUT2D eigenvalue weighted by atomic mass is 16.2. The van der Waals surface area contributed by atoms with E-state index in [4.69, 9.17) is 11.5 Å². The van der Waals surface area contributed by atoms with Crippen molar-refractivity contribution in [3.63, 3.8) is 0 Å². The van der Waals surface area contributed by atoms with Gasteiger partial charge in [-0.15, -0.1) is 0 Å². The lowest BCUT2D eigenvalue weighted by atomic mass is 9.76. The van der Waals surface area contributed by atoms with Gasteiger partial charge >= 0.3 is 0 Å². The number of hydrogen-bond donors (Lipinski definition) is 2. The maximum atomic E-state index is 12.8. The van der Waals surface area contributed by atoms with Gasteiger partial charge in [0.1, 0.15) is 0 Å². The predicted molar refractivity (Wildman–Crippen MR) is 81.4 cm³/mol. The van der Waals surface area contributed by atoms with Crippen molar-refractivity contribution < 1.29 is 9.59 Å². The summed E-state index contributed by atoms with van der Waals surface area (Å²) in [7, 11) is 0. The molecule has 2 atom stereocenters. The molecule has 1 aliphatic carbocycles. The molecule has 21 heavy (non-hydrogen) atoms. The molecule has 1 aliphatic heterocycles. The second kappa shape index (κ2) is 6.75. The van der Waals surface area contributed by atoms with Gasteiger partial charge in [-0.2, -0.15) is 0 Å². The van der Waals surface area contributed by atoms with Crippen LogP contribution in [0.15, 0.2) is 0 Å². The minimum Gasteiger partial charge on any atom is -0.369 e. The topological polar surface area (TPSA) is 92.7 Å². The zero-order valence-electron chi connectivity index (χ0n) is 13.0. The second-order valence-corrected chi connectivity index (χ2v) is 6.75. The summed E-state index contributed by atoms with van der Waals surface area (Å²) >= 11 is 0. The Hall–Kier alpha value is -1.14. The Morgan fingerprint density at radius 1 is 1.19 bits per heavy atom. The summed E-state index contributed by atoms with van der Waals surface area (Å²) in [5, 5.41) is 0. The fourth-order valence-electron chi connectivity index (χ4n) is 3.65. The fraction of sp³-hybridized carbons (Fsp3) is 0.867. The van der Waals surface area contributed by atoms with Crippen LogP contribution in [0.1, 0.15) is 39.0 Å². The van der Waals surface area contributed by atoms with Crippen LogP contribution >= 0.6 is 0 Å². The van der Waals surface area contributed by atoms with E-state index in [-0.39, 0.29) is 18.4 Å². The van der Waals surface area contributed by atoms with Crippen molar-refractivity contribution >= 4 is 11.8 Å². The van der Waals surface area contributed by atoms with Crippen molar-refractivity contribution in [2.24, 2.45) is 17.4 Å². The molecule has 4 N–H and O–H groups in total. The lowest BCUT2D eigenvalue weighted by Crippen LogP contribution is -2.58. The predicted octanol–water partition coefficient (Wildman–Crippen LogP) is -0.0864. The molecule has 0 aromatic rings. The molecule has 0 spiro atoms. The first kappa shape index (κ1) is 16.2. The van der Waals surface area contributed by atoms with Gasteiger partial charge in [0, 0.05) is 26.2 Å². The highest BCUT2D eigenvalue weighted by molar-refractivity contribution is 5.86. The highest BCUT2D eigenvalue weighted by Crippen LogP contribution is 2.32. The van der Waals surface area contributed by atoms with Crippen molar-refractivity contribution in [1.29, 1.82) is 0 Å². The van der Waals surface area contributed by atoms with Crippen molar-refractivity contribution in [2.45, 2.75) is 44.6 Å². The molecule has 1 saturated heterocycles. The first-order valence-corrected chi connectivity index (χ1v) is 7.99. The van der Waals surface area contributed by atoms with Gasteiger partial charge in [-0.3, -0.25) is 14.5 Å². The molecule has 6 heteroatoms. The summed E-state index contributed by atoms with van der Waals surface area (Å²) in [6, 6.07) is 0. The molecule has 6 nitrogen and oxygen atoms in total. The first-order valence-electron chi connectivity index (χ1n) is 7.99. The summed E-state index contributed by atoms with van der Waals surface area (Å²) in [5.41, 5.74) is 11.0. The highest BCUT2D eigenvalue weighted by Gasteiger charge is 2.40. The Balaban J connectivity index is 1.95. The van der Waals surface area contributed by atoms with Crippen LogP contribution in [-0.4, -0.2) is 59.9 Å². The quantitative estimate of drug-likeness (QED) is 0.761. The van der Waals surface area contributed by atoms with E-state index in [0.717, 1.165) is 38.8 Å². The first-order chi connectivity index (χ1) is 9.90. The molecule has 120 valence electrons. The molecule has 2 fully saturated rings. The van der Waals surface area contributed by atoms with Crippen molar-refractivity contribution in [3.05, 3.63) is 0 Å². The average Bonchev–Trinajstić information content (AvgIpc) is 2.62.